The van der Waals surface area contributed by atoms with E-state index in [-0.39, 0.29) is 17.2 Å². The summed E-state index contributed by atoms with van der Waals surface area (Å²) >= 11 is 0. The van der Waals surface area contributed by atoms with E-state index in [1.807, 2.05) is 44.2 Å². The van der Waals surface area contributed by atoms with Crippen LogP contribution in [0.2, 0.25) is 0 Å². The number of esters is 1. The van der Waals surface area contributed by atoms with Crippen LogP contribution in [0.3, 0.4) is 0 Å². The van der Waals surface area contributed by atoms with Crippen LogP contribution in [0, 0.1) is 11.6 Å². The van der Waals surface area contributed by atoms with Crippen molar-refractivity contribution in [3.8, 4) is 11.3 Å². The molecule has 0 aliphatic rings. The van der Waals surface area contributed by atoms with E-state index in [4.69, 9.17) is 9.72 Å². The molecule has 0 saturated heterocycles. The maximum Gasteiger partial charge on any atom is 0.339 e. The summed E-state index contributed by atoms with van der Waals surface area (Å²) in [7, 11) is 0. The van der Waals surface area contributed by atoms with Gasteiger partial charge in [-0.1, -0.05) is 36.4 Å². The number of halogens is 2. The number of nitrogens with zero attached hydrogens (tertiary/aromatic N) is 3. The van der Waals surface area contributed by atoms with Gasteiger partial charge in [0.05, 0.1) is 28.9 Å². The summed E-state index contributed by atoms with van der Waals surface area (Å²) < 4.78 is 34.1. The first-order valence-electron chi connectivity index (χ1n) is 11.1. The fraction of sp³-hybridized carbons (Fsp3) is 0.231. The van der Waals surface area contributed by atoms with Crippen molar-refractivity contribution in [1.82, 2.24) is 20.1 Å². The van der Waals surface area contributed by atoms with Crippen molar-refractivity contribution in [2.24, 2.45) is 0 Å². The fourth-order valence-electron chi connectivity index (χ4n) is 3.74. The number of ether oxygens (including phenoxy) is 1. The van der Waals surface area contributed by atoms with Gasteiger partial charge >= 0.3 is 5.97 Å². The lowest BCUT2D eigenvalue weighted by molar-refractivity contribution is -0.124. The van der Waals surface area contributed by atoms with Crippen molar-refractivity contribution >= 4 is 22.9 Å². The molecule has 7 nitrogen and oxygen atoms in total. The predicted molar refractivity (Wildman–Crippen MR) is 127 cm³/mol. The molecule has 0 radical (unpaired) electrons. The molecule has 0 saturated carbocycles. The Morgan fingerprint density at radius 1 is 1.06 bits per heavy atom. The minimum Gasteiger partial charge on any atom is -0.452 e. The third-order valence-corrected chi connectivity index (χ3v) is 5.49. The quantitative estimate of drug-likeness (QED) is 0.378. The number of rotatable bonds is 7. The zero-order valence-electron chi connectivity index (χ0n) is 19.5. The van der Waals surface area contributed by atoms with Gasteiger partial charge in [-0.05, 0) is 32.9 Å². The SMILES string of the molecule is CC(NC(=O)COC(=O)c1cc(-c2ccccc2)nc2c1cnn2C(C)C)c1ccc(F)cc1F. The molecule has 35 heavy (non-hydrogen) atoms. The van der Waals surface area contributed by atoms with Gasteiger partial charge in [-0.25, -0.2) is 23.2 Å². The molecule has 1 amide bonds. The summed E-state index contributed by atoms with van der Waals surface area (Å²) in [6.07, 6.45) is 1.55. The summed E-state index contributed by atoms with van der Waals surface area (Å²) in [5.74, 6) is -2.82. The summed E-state index contributed by atoms with van der Waals surface area (Å²) in [5.41, 5.74) is 2.25. The number of amides is 1. The third-order valence-electron chi connectivity index (χ3n) is 5.49. The van der Waals surface area contributed by atoms with Gasteiger partial charge in [-0.3, -0.25) is 4.79 Å². The highest BCUT2D eigenvalue weighted by Gasteiger charge is 2.21. The lowest BCUT2D eigenvalue weighted by Gasteiger charge is -2.15. The third kappa shape index (κ3) is 5.18. The Bertz CT molecular complexity index is 1390. The van der Waals surface area contributed by atoms with E-state index in [1.165, 1.54) is 6.07 Å². The van der Waals surface area contributed by atoms with Crippen LogP contribution in [0.5, 0.6) is 0 Å². The van der Waals surface area contributed by atoms with Gasteiger partial charge in [0.25, 0.3) is 5.91 Å². The first kappa shape index (κ1) is 24.0. The molecule has 0 bridgehead atoms. The summed E-state index contributed by atoms with van der Waals surface area (Å²) in [6.45, 7) is 4.89. The number of aromatic nitrogens is 3. The Hall–Kier alpha value is -4.14. The maximum absolute atomic E-state index is 14.0. The molecule has 0 aliphatic carbocycles. The Labute approximate surface area is 200 Å². The first-order valence-corrected chi connectivity index (χ1v) is 11.1. The van der Waals surface area contributed by atoms with Gasteiger partial charge in [0.15, 0.2) is 12.3 Å². The smallest absolute Gasteiger partial charge is 0.339 e. The molecule has 2 aromatic heterocycles. The zero-order chi connectivity index (χ0) is 25.1. The van der Waals surface area contributed by atoms with E-state index in [1.54, 1.807) is 23.9 Å². The van der Waals surface area contributed by atoms with Crippen molar-refractivity contribution in [2.45, 2.75) is 32.9 Å². The molecule has 2 heterocycles. The summed E-state index contributed by atoms with van der Waals surface area (Å²) in [4.78, 5) is 30.1. The molecule has 0 spiro atoms. The topological polar surface area (TPSA) is 86.1 Å². The highest BCUT2D eigenvalue weighted by molar-refractivity contribution is 6.04. The Morgan fingerprint density at radius 3 is 2.49 bits per heavy atom. The van der Waals surface area contributed by atoms with E-state index in [0.717, 1.165) is 17.7 Å². The second-order valence-corrected chi connectivity index (χ2v) is 8.37. The van der Waals surface area contributed by atoms with Crippen LogP contribution in [0.25, 0.3) is 22.3 Å². The molecule has 1 unspecified atom stereocenters. The average Bonchev–Trinajstić information content (AvgIpc) is 3.27. The monoisotopic (exact) mass is 478 g/mol. The number of carbonyl (C=O) groups excluding carboxylic acids is 2. The van der Waals surface area contributed by atoms with Crippen LogP contribution in [-0.2, 0) is 9.53 Å². The van der Waals surface area contributed by atoms with E-state index in [0.29, 0.717) is 16.7 Å². The number of carbonyl (C=O) groups is 2. The van der Waals surface area contributed by atoms with Crippen LogP contribution < -0.4 is 5.32 Å². The van der Waals surface area contributed by atoms with Gasteiger partial charge in [0.1, 0.15) is 11.6 Å². The minimum atomic E-state index is -0.774. The standard InChI is InChI=1S/C26H24F2N4O3/c1-15(2)32-25-21(13-29-32)20(12-23(31-25)17-7-5-4-6-8-17)26(34)35-14-24(33)30-16(3)19-10-9-18(27)11-22(19)28/h4-13,15-16H,14H2,1-3H3,(H,30,33). The average molecular weight is 478 g/mol. The van der Waals surface area contributed by atoms with Crippen LogP contribution in [0.1, 0.15) is 48.8 Å². The van der Waals surface area contributed by atoms with Crippen molar-refractivity contribution in [1.29, 1.82) is 0 Å². The second-order valence-electron chi connectivity index (χ2n) is 8.37. The largest absolute Gasteiger partial charge is 0.452 e. The van der Waals surface area contributed by atoms with Crippen LogP contribution in [0.15, 0.2) is 60.8 Å². The van der Waals surface area contributed by atoms with Crippen molar-refractivity contribution in [3.63, 3.8) is 0 Å². The Morgan fingerprint density at radius 2 is 1.80 bits per heavy atom. The van der Waals surface area contributed by atoms with E-state index in [2.05, 4.69) is 10.4 Å². The van der Waals surface area contributed by atoms with E-state index < -0.39 is 36.2 Å². The van der Waals surface area contributed by atoms with E-state index in [9.17, 15) is 18.4 Å². The predicted octanol–water partition coefficient (Wildman–Crippen LogP) is 4.99. The highest BCUT2D eigenvalue weighted by atomic mass is 19.1. The lowest BCUT2D eigenvalue weighted by atomic mass is 10.1. The van der Waals surface area contributed by atoms with Crippen molar-refractivity contribution in [3.05, 3.63) is 83.6 Å². The first-order chi connectivity index (χ1) is 16.7. The molecule has 4 rings (SSSR count). The molecule has 4 aromatic rings. The molecule has 0 aliphatic heterocycles. The summed E-state index contributed by atoms with van der Waals surface area (Å²) in [5, 5.41) is 7.41. The van der Waals surface area contributed by atoms with Gasteiger partial charge < -0.3 is 10.1 Å². The zero-order valence-corrected chi connectivity index (χ0v) is 19.5. The molecule has 9 heteroatoms. The molecule has 0 fully saturated rings. The Kier molecular flexibility index (Phi) is 6.86. The normalized spacial score (nSPS) is 12.1. The molecular formula is C26H24F2N4O3. The molecule has 1 atom stereocenters. The van der Waals surface area contributed by atoms with Crippen LogP contribution in [0.4, 0.5) is 8.78 Å². The molecule has 2 aromatic carbocycles. The van der Waals surface area contributed by atoms with Gasteiger partial charge in [0, 0.05) is 23.2 Å². The fourth-order valence-corrected chi connectivity index (χ4v) is 3.74. The van der Waals surface area contributed by atoms with E-state index >= 15 is 0 Å². The molecular weight excluding hydrogens is 454 g/mol. The van der Waals surface area contributed by atoms with Crippen LogP contribution >= 0.6 is 0 Å². The van der Waals surface area contributed by atoms with Gasteiger partial charge in [0.2, 0.25) is 0 Å². The lowest BCUT2D eigenvalue weighted by Crippen LogP contribution is -2.31. The molecule has 180 valence electrons. The second kappa shape index (κ2) is 10.0. The van der Waals surface area contributed by atoms with Gasteiger partial charge in [-0.2, -0.15) is 5.10 Å². The number of pyridine rings is 1. The number of benzene rings is 2. The Balaban J connectivity index is 1.54. The van der Waals surface area contributed by atoms with Crippen LogP contribution in [-0.4, -0.2) is 33.2 Å². The number of fused-ring (bicyclic) bond motifs is 1. The minimum absolute atomic E-state index is 0.00835. The highest BCUT2D eigenvalue weighted by Crippen LogP contribution is 2.27. The summed E-state index contributed by atoms with van der Waals surface area (Å²) in [6, 6.07) is 13.4. The number of hydrogen-bond acceptors (Lipinski definition) is 5. The number of hydrogen-bond donors (Lipinski definition) is 1. The maximum atomic E-state index is 14.0. The van der Waals surface area contributed by atoms with Gasteiger partial charge in [-0.15, -0.1) is 0 Å². The number of nitrogens with one attached hydrogen (secondary N) is 1. The van der Waals surface area contributed by atoms with Crippen molar-refractivity contribution in [2.75, 3.05) is 6.61 Å². The van der Waals surface area contributed by atoms with Crippen molar-refractivity contribution < 1.29 is 23.1 Å². The molecule has 1 N–H and O–H groups in total.